The van der Waals surface area contributed by atoms with Gasteiger partial charge in [-0.25, -0.2) is 4.98 Å². The quantitative estimate of drug-likeness (QED) is 0.222. The fraction of sp³-hybridized carbons (Fsp3) is 0.298. The van der Waals surface area contributed by atoms with E-state index in [4.69, 9.17) is 9.72 Å². The van der Waals surface area contributed by atoms with E-state index in [9.17, 15) is 0 Å². The second-order valence-corrected chi connectivity index (χ2v) is 15.4. The van der Waals surface area contributed by atoms with E-state index < -0.39 is 11.0 Å². The molecular formula is C47H46N2O. The van der Waals surface area contributed by atoms with Gasteiger partial charge < -0.3 is 10.1 Å². The average molecular weight is 655 g/mol. The minimum atomic E-state index is -0.492. The van der Waals surface area contributed by atoms with Gasteiger partial charge >= 0.3 is 0 Å². The molecule has 50 heavy (non-hydrogen) atoms. The average Bonchev–Trinajstić information content (AvgIpc) is 3.30. The van der Waals surface area contributed by atoms with Crippen molar-refractivity contribution < 1.29 is 4.74 Å². The van der Waals surface area contributed by atoms with Gasteiger partial charge in [0.2, 0.25) is 0 Å². The highest BCUT2D eigenvalue weighted by molar-refractivity contribution is 5.97. The Morgan fingerprint density at radius 3 is 2.44 bits per heavy atom. The van der Waals surface area contributed by atoms with Crippen molar-refractivity contribution in [1.29, 1.82) is 0 Å². The van der Waals surface area contributed by atoms with E-state index in [0.717, 1.165) is 47.3 Å². The van der Waals surface area contributed by atoms with Crippen molar-refractivity contribution in [3.05, 3.63) is 167 Å². The van der Waals surface area contributed by atoms with E-state index in [2.05, 4.69) is 160 Å². The van der Waals surface area contributed by atoms with Crippen LogP contribution in [0, 0.1) is 17.8 Å². The third-order valence-corrected chi connectivity index (χ3v) is 12.0. The molecule has 3 aromatic carbocycles. The molecule has 2 aliphatic heterocycles. The molecule has 9 rings (SSSR count). The largest absolute Gasteiger partial charge is 0.489 e. The van der Waals surface area contributed by atoms with E-state index in [1.807, 2.05) is 0 Å². The summed E-state index contributed by atoms with van der Waals surface area (Å²) in [7, 11) is 0. The Morgan fingerprint density at radius 2 is 1.62 bits per heavy atom. The van der Waals surface area contributed by atoms with Gasteiger partial charge in [-0.15, -0.1) is 0 Å². The van der Waals surface area contributed by atoms with E-state index >= 15 is 0 Å². The normalized spacial score (nSPS) is 29.5. The van der Waals surface area contributed by atoms with Gasteiger partial charge in [-0.05, 0) is 90.3 Å². The second-order valence-electron chi connectivity index (χ2n) is 15.4. The molecule has 250 valence electrons. The van der Waals surface area contributed by atoms with Gasteiger partial charge in [-0.2, -0.15) is 0 Å². The summed E-state index contributed by atoms with van der Waals surface area (Å²) in [6, 6.07) is 27.0. The lowest BCUT2D eigenvalue weighted by Crippen LogP contribution is -2.43. The highest BCUT2D eigenvalue weighted by Gasteiger charge is 2.51. The molecule has 0 fully saturated rings. The zero-order chi connectivity index (χ0) is 33.9. The van der Waals surface area contributed by atoms with Crippen molar-refractivity contribution in [3.63, 3.8) is 0 Å². The molecule has 0 bridgehead atoms. The van der Waals surface area contributed by atoms with Crippen LogP contribution in [0.15, 0.2) is 139 Å². The number of hydrogen-bond donors (Lipinski definition) is 1. The molecule has 0 saturated carbocycles. The molecule has 3 aliphatic carbocycles. The van der Waals surface area contributed by atoms with Gasteiger partial charge in [0.15, 0.2) is 0 Å². The van der Waals surface area contributed by atoms with E-state index in [-0.39, 0.29) is 5.92 Å². The first-order valence-electron chi connectivity index (χ1n) is 18.6. The number of fused-ring (bicyclic) bond motifs is 5. The number of rotatable bonds is 4. The Balaban J connectivity index is 1.27. The van der Waals surface area contributed by atoms with Crippen LogP contribution in [0.1, 0.15) is 80.3 Å². The summed E-state index contributed by atoms with van der Waals surface area (Å²) in [5, 5.41) is 5.28. The smallest absolute Gasteiger partial charge is 0.124 e. The maximum absolute atomic E-state index is 6.73. The molecule has 6 atom stereocenters. The molecule has 0 saturated heterocycles. The lowest BCUT2D eigenvalue weighted by atomic mass is 9.55. The van der Waals surface area contributed by atoms with Gasteiger partial charge in [0, 0.05) is 22.6 Å². The van der Waals surface area contributed by atoms with Crippen LogP contribution in [-0.2, 0) is 11.0 Å². The Labute approximate surface area is 296 Å². The molecular weight excluding hydrogens is 609 g/mol. The van der Waals surface area contributed by atoms with Crippen LogP contribution in [-0.4, -0.2) is 11.6 Å². The molecule has 3 heterocycles. The van der Waals surface area contributed by atoms with Crippen molar-refractivity contribution in [1.82, 2.24) is 4.98 Å². The number of hydrogen-bond acceptors (Lipinski definition) is 3. The molecule has 6 unspecified atom stereocenters. The molecule has 0 amide bonds. The number of nitrogens with zero attached hydrogens (tertiary/aromatic N) is 1. The third kappa shape index (κ3) is 4.96. The van der Waals surface area contributed by atoms with Gasteiger partial charge in [0.05, 0.1) is 22.2 Å². The van der Waals surface area contributed by atoms with Crippen LogP contribution in [0.3, 0.4) is 0 Å². The first-order valence-corrected chi connectivity index (χ1v) is 18.6. The van der Waals surface area contributed by atoms with Gasteiger partial charge in [0.1, 0.15) is 12.4 Å². The first-order chi connectivity index (χ1) is 24.4. The number of anilines is 1. The zero-order valence-electron chi connectivity index (χ0n) is 29.4. The first kappa shape index (κ1) is 31.1. The molecule has 3 nitrogen and oxygen atoms in total. The van der Waals surface area contributed by atoms with Gasteiger partial charge in [-0.1, -0.05) is 135 Å². The SMILES string of the molecule is CC1C=C2C(=CC1)COc1ccccc1C2(c1ccccc1C1(C)C=Cc2ccc3ccc(C4C=CC=CC4)nc3c2N1)C1C=CC(C)CC1. The maximum atomic E-state index is 6.73. The monoisotopic (exact) mass is 654 g/mol. The fourth-order valence-corrected chi connectivity index (χ4v) is 9.34. The Hall–Kier alpha value is -4.89. The Kier molecular flexibility index (Phi) is 7.57. The predicted molar refractivity (Wildman–Crippen MR) is 208 cm³/mol. The van der Waals surface area contributed by atoms with Crippen molar-refractivity contribution >= 4 is 22.7 Å². The van der Waals surface area contributed by atoms with Crippen LogP contribution in [0.25, 0.3) is 17.0 Å². The van der Waals surface area contributed by atoms with E-state index in [1.54, 1.807) is 0 Å². The van der Waals surface area contributed by atoms with Crippen LogP contribution < -0.4 is 10.1 Å². The number of ether oxygens (including phenoxy) is 1. The van der Waals surface area contributed by atoms with Crippen LogP contribution in [0.5, 0.6) is 5.75 Å². The van der Waals surface area contributed by atoms with Crippen LogP contribution >= 0.6 is 0 Å². The summed E-state index contributed by atoms with van der Waals surface area (Å²) in [5.74, 6) is 2.59. The maximum Gasteiger partial charge on any atom is 0.124 e. The van der Waals surface area contributed by atoms with Crippen LogP contribution in [0.4, 0.5) is 5.69 Å². The topological polar surface area (TPSA) is 34.1 Å². The molecule has 5 aliphatic rings. The highest BCUT2D eigenvalue weighted by atomic mass is 16.5. The molecule has 3 heteroatoms. The number of benzene rings is 3. The standard InChI is InChI=1S/C47H46N2O/c1-31-18-24-37(25-19-31)47(40-15-9-10-16-43(40)50-30-36-20-17-32(2)29-41(36)47)39-14-8-7-13-38(39)46(3)28-27-35-22-21-34-23-26-42(33-11-5-4-6-12-33)48-44(34)45(35)49-46/h4-11,13-16,18,20-24,26-29,31-33,37,49H,12,17,19,25,30H2,1-3H3. The predicted octanol–water partition coefficient (Wildman–Crippen LogP) is 11.4. The lowest BCUT2D eigenvalue weighted by Gasteiger charge is -2.48. The number of allylic oxidation sites excluding steroid dienone is 8. The lowest BCUT2D eigenvalue weighted by molar-refractivity contribution is 0.348. The minimum Gasteiger partial charge on any atom is -0.489 e. The molecule has 1 N–H and O–H groups in total. The minimum absolute atomic E-state index is 0.272. The molecule has 4 aromatic rings. The fourth-order valence-electron chi connectivity index (χ4n) is 9.34. The van der Waals surface area contributed by atoms with E-state index in [0.29, 0.717) is 24.4 Å². The Bertz CT molecular complexity index is 2180. The summed E-state index contributed by atoms with van der Waals surface area (Å²) in [4.78, 5) is 5.36. The molecule has 0 radical (unpaired) electrons. The number of nitrogens with one attached hydrogen (secondary N) is 1. The number of aromatic nitrogens is 1. The molecule has 0 spiro atoms. The summed E-state index contributed by atoms with van der Waals surface area (Å²) < 4.78 is 6.73. The van der Waals surface area contributed by atoms with Gasteiger partial charge in [-0.3, -0.25) is 0 Å². The van der Waals surface area contributed by atoms with Gasteiger partial charge in [0.25, 0.3) is 0 Å². The molecule has 1 aromatic heterocycles. The second kappa shape index (κ2) is 12.2. The summed E-state index contributed by atoms with van der Waals surface area (Å²) in [6.07, 6.45) is 27.8. The zero-order valence-corrected chi connectivity index (χ0v) is 29.4. The highest BCUT2D eigenvalue weighted by Crippen LogP contribution is 2.58. The van der Waals surface area contributed by atoms with Crippen molar-refractivity contribution in [2.45, 2.75) is 63.3 Å². The van der Waals surface area contributed by atoms with Crippen LogP contribution in [0.2, 0.25) is 0 Å². The Morgan fingerprint density at radius 1 is 0.800 bits per heavy atom. The third-order valence-electron chi connectivity index (χ3n) is 12.0. The van der Waals surface area contributed by atoms with Crippen molar-refractivity contribution in [3.8, 4) is 5.75 Å². The summed E-state index contributed by atoms with van der Waals surface area (Å²) in [5.41, 5.74) is 10.2. The number of pyridine rings is 1. The summed E-state index contributed by atoms with van der Waals surface area (Å²) in [6.45, 7) is 7.66. The van der Waals surface area contributed by atoms with E-state index in [1.165, 1.54) is 39.8 Å². The summed E-state index contributed by atoms with van der Waals surface area (Å²) >= 11 is 0. The van der Waals surface area contributed by atoms with Crippen molar-refractivity contribution in [2.75, 3.05) is 11.9 Å². The number of para-hydroxylation sites is 1. The van der Waals surface area contributed by atoms with Crippen molar-refractivity contribution in [2.24, 2.45) is 17.8 Å².